The van der Waals surface area contributed by atoms with E-state index in [0.29, 0.717) is 18.1 Å². The SMILES string of the molecule is CCN1CCN(c2ccc(NC3=NC(C)c4cc(-c5ccoc5)c(=O)n(CC)c4N3)cc2)CC1. The minimum absolute atomic E-state index is 0.0453. The first kappa shape index (κ1) is 22.3. The van der Waals surface area contributed by atoms with E-state index in [0.717, 1.165) is 55.4 Å². The molecule has 178 valence electrons. The number of nitrogens with zero attached hydrogens (tertiary/aromatic N) is 4. The van der Waals surface area contributed by atoms with Crippen molar-refractivity contribution in [1.82, 2.24) is 9.47 Å². The van der Waals surface area contributed by atoms with Gasteiger partial charge in [0.15, 0.2) is 0 Å². The van der Waals surface area contributed by atoms with Gasteiger partial charge in [-0.1, -0.05) is 6.92 Å². The number of piperazine rings is 1. The first-order valence-electron chi connectivity index (χ1n) is 12.1. The molecule has 1 fully saturated rings. The van der Waals surface area contributed by atoms with Crippen LogP contribution < -0.4 is 21.1 Å². The lowest BCUT2D eigenvalue weighted by Crippen LogP contribution is -2.46. The van der Waals surface area contributed by atoms with E-state index < -0.39 is 0 Å². The number of hydrogen-bond donors (Lipinski definition) is 2. The summed E-state index contributed by atoms with van der Waals surface area (Å²) in [5, 5.41) is 6.75. The summed E-state index contributed by atoms with van der Waals surface area (Å²) < 4.78 is 6.97. The standard InChI is InChI=1S/C26H32N6O2/c1-4-30-11-13-31(14-12-30)21-8-6-20(7-9-21)28-26-27-18(3)22-16-23(19-10-15-34-17-19)25(33)32(5-2)24(22)29-26/h6-10,15-18H,4-5,11-14H2,1-3H3,(H2,27,28,29). The molecular formula is C26H32N6O2. The maximum absolute atomic E-state index is 13.2. The number of benzene rings is 1. The van der Waals surface area contributed by atoms with E-state index >= 15 is 0 Å². The van der Waals surface area contributed by atoms with Crippen LogP contribution >= 0.6 is 0 Å². The second kappa shape index (κ2) is 9.38. The Morgan fingerprint density at radius 2 is 1.85 bits per heavy atom. The van der Waals surface area contributed by atoms with Gasteiger partial charge in [-0.05, 0) is 56.8 Å². The molecule has 0 radical (unpaired) electrons. The number of furan rings is 1. The fourth-order valence-corrected chi connectivity index (χ4v) is 4.76. The maximum Gasteiger partial charge on any atom is 0.260 e. The summed E-state index contributed by atoms with van der Waals surface area (Å²) in [6, 6.07) is 12.1. The highest BCUT2D eigenvalue weighted by molar-refractivity contribution is 6.05. The molecule has 1 aromatic carbocycles. The Balaban J connectivity index is 1.34. The van der Waals surface area contributed by atoms with Gasteiger partial charge in [0.05, 0.1) is 24.1 Å². The Bertz CT molecular complexity index is 1220. The fraction of sp³-hybridized carbons (Fsp3) is 0.385. The van der Waals surface area contributed by atoms with Crippen molar-refractivity contribution in [3.8, 4) is 11.1 Å². The van der Waals surface area contributed by atoms with Crippen molar-refractivity contribution < 1.29 is 4.42 Å². The molecule has 0 amide bonds. The van der Waals surface area contributed by atoms with Gasteiger partial charge in [0, 0.05) is 55.2 Å². The first-order chi connectivity index (χ1) is 16.6. The molecule has 1 unspecified atom stereocenters. The molecule has 0 bridgehead atoms. The summed E-state index contributed by atoms with van der Waals surface area (Å²) in [6.07, 6.45) is 3.19. The van der Waals surface area contributed by atoms with Gasteiger partial charge in [-0.25, -0.2) is 4.99 Å². The zero-order chi connectivity index (χ0) is 23.7. The molecule has 1 atom stereocenters. The maximum atomic E-state index is 13.2. The Kier molecular flexibility index (Phi) is 6.15. The predicted octanol–water partition coefficient (Wildman–Crippen LogP) is 4.22. The highest BCUT2D eigenvalue weighted by Crippen LogP contribution is 2.32. The molecule has 8 nitrogen and oxygen atoms in total. The van der Waals surface area contributed by atoms with Gasteiger partial charge in [-0.15, -0.1) is 0 Å². The molecule has 2 aromatic heterocycles. The van der Waals surface area contributed by atoms with Crippen molar-refractivity contribution in [2.24, 2.45) is 4.99 Å². The summed E-state index contributed by atoms with van der Waals surface area (Å²) in [5.74, 6) is 1.43. The average molecular weight is 461 g/mol. The number of anilines is 3. The molecule has 5 rings (SSSR count). The molecule has 8 heteroatoms. The van der Waals surface area contributed by atoms with Crippen LogP contribution in [0.1, 0.15) is 32.4 Å². The van der Waals surface area contributed by atoms with Crippen LogP contribution in [0.5, 0.6) is 0 Å². The number of aliphatic imine (C=N–C) groups is 1. The highest BCUT2D eigenvalue weighted by Gasteiger charge is 2.24. The summed E-state index contributed by atoms with van der Waals surface area (Å²) in [5.41, 5.74) is 4.56. The van der Waals surface area contributed by atoms with E-state index in [1.54, 1.807) is 17.1 Å². The van der Waals surface area contributed by atoms with E-state index in [4.69, 9.17) is 9.41 Å². The van der Waals surface area contributed by atoms with Crippen molar-refractivity contribution in [3.05, 3.63) is 64.8 Å². The van der Waals surface area contributed by atoms with Crippen LogP contribution in [-0.2, 0) is 6.54 Å². The largest absolute Gasteiger partial charge is 0.472 e. The molecule has 2 aliphatic heterocycles. The van der Waals surface area contributed by atoms with Crippen LogP contribution in [-0.4, -0.2) is 48.2 Å². The van der Waals surface area contributed by atoms with Crippen LogP contribution in [0.25, 0.3) is 11.1 Å². The topological polar surface area (TPSA) is 78.0 Å². The highest BCUT2D eigenvalue weighted by atomic mass is 16.3. The van der Waals surface area contributed by atoms with Crippen molar-refractivity contribution in [3.63, 3.8) is 0 Å². The quantitative estimate of drug-likeness (QED) is 0.594. The van der Waals surface area contributed by atoms with Crippen LogP contribution in [0, 0.1) is 0 Å². The number of likely N-dealkylation sites (N-methyl/N-ethyl adjacent to an activating group) is 1. The minimum atomic E-state index is -0.100. The zero-order valence-electron chi connectivity index (χ0n) is 20.0. The van der Waals surface area contributed by atoms with E-state index in [1.165, 1.54) is 5.69 Å². The Hall–Kier alpha value is -3.52. The van der Waals surface area contributed by atoms with Crippen LogP contribution in [0.2, 0.25) is 0 Å². The molecule has 2 aliphatic rings. The molecule has 1 saturated heterocycles. The molecule has 0 saturated carbocycles. The van der Waals surface area contributed by atoms with Crippen molar-refractivity contribution in [1.29, 1.82) is 0 Å². The number of hydrogen-bond acceptors (Lipinski definition) is 7. The monoisotopic (exact) mass is 460 g/mol. The van der Waals surface area contributed by atoms with Gasteiger partial charge in [0.2, 0.25) is 5.96 Å². The third-order valence-electron chi connectivity index (χ3n) is 6.79. The number of aromatic nitrogens is 1. The normalized spacial score (nSPS) is 18.3. The van der Waals surface area contributed by atoms with Gasteiger partial charge in [-0.2, -0.15) is 0 Å². The van der Waals surface area contributed by atoms with Gasteiger partial charge < -0.3 is 24.9 Å². The second-order valence-electron chi connectivity index (χ2n) is 8.80. The summed E-state index contributed by atoms with van der Waals surface area (Å²) in [7, 11) is 0. The van der Waals surface area contributed by atoms with E-state index in [1.807, 2.05) is 26.0 Å². The first-order valence-corrected chi connectivity index (χ1v) is 12.1. The van der Waals surface area contributed by atoms with E-state index in [2.05, 4.69) is 51.6 Å². The summed E-state index contributed by atoms with van der Waals surface area (Å²) >= 11 is 0. The van der Waals surface area contributed by atoms with Gasteiger partial charge in [0.1, 0.15) is 5.82 Å². The van der Waals surface area contributed by atoms with Crippen LogP contribution in [0.4, 0.5) is 17.2 Å². The van der Waals surface area contributed by atoms with Gasteiger partial charge in [-0.3, -0.25) is 9.36 Å². The third kappa shape index (κ3) is 4.21. The average Bonchev–Trinajstić information content (AvgIpc) is 3.39. The number of pyridine rings is 1. The molecule has 0 spiro atoms. The lowest BCUT2D eigenvalue weighted by atomic mass is 10.0. The zero-order valence-corrected chi connectivity index (χ0v) is 20.0. The number of rotatable bonds is 5. The minimum Gasteiger partial charge on any atom is -0.472 e. The Labute approximate surface area is 199 Å². The summed E-state index contributed by atoms with van der Waals surface area (Å²) in [4.78, 5) is 22.9. The number of fused-ring (bicyclic) bond motifs is 1. The number of guanidine groups is 1. The van der Waals surface area contributed by atoms with Crippen molar-refractivity contribution >= 4 is 23.2 Å². The van der Waals surface area contributed by atoms with E-state index in [9.17, 15) is 4.79 Å². The number of nitrogens with one attached hydrogen (secondary N) is 2. The summed E-state index contributed by atoms with van der Waals surface area (Å²) in [6.45, 7) is 12.2. The van der Waals surface area contributed by atoms with Crippen LogP contribution in [0.3, 0.4) is 0 Å². The third-order valence-corrected chi connectivity index (χ3v) is 6.79. The second-order valence-corrected chi connectivity index (χ2v) is 8.80. The lowest BCUT2D eigenvalue weighted by molar-refractivity contribution is 0.271. The van der Waals surface area contributed by atoms with E-state index in [-0.39, 0.29) is 11.6 Å². The van der Waals surface area contributed by atoms with Gasteiger partial charge in [0.25, 0.3) is 5.56 Å². The molecule has 2 N–H and O–H groups in total. The van der Waals surface area contributed by atoms with Crippen LogP contribution in [0.15, 0.2) is 63.1 Å². The molecular weight excluding hydrogens is 428 g/mol. The van der Waals surface area contributed by atoms with Crippen molar-refractivity contribution in [2.45, 2.75) is 33.4 Å². The smallest absolute Gasteiger partial charge is 0.260 e. The Morgan fingerprint density at radius 1 is 1.09 bits per heavy atom. The fourth-order valence-electron chi connectivity index (χ4n) is 4.76. The predicted molar refractivity (Wildman–Crippen MR) is 138 cm³/mol. The van der Waals surface area contributed by atoms with Crippen molar-refractivity contribution in [2.75, 3.05) is 48.3 Å². The van der Waals surface area contributed by atoms with Gasteiger partial charge >= 0.3 is 0 Å². The molecule has 34 heavy (non-hydrogen) atoms. The molecule has 4 heterocycles. The molecule has 3 aromatic rings. The Morgan fingerprint density at radius 3 is 2.50 bits per heavy atom. The molecule has 0 aliphatic carbocycles. The lowest BCUT2D eigenvalue weighted by Gasteiger charge is -2.35.